The van der Waals surface area contributed by atoms with E-state index in [0.717, 1.165) is 16.4 Å². The molecule has 1 unspecified atom stereocenters. The number of carboxylic acids is 1. The molecule has 1 atom stereocenters. The lowest BCUT2D eigenvalue weighted by Crippen LogP contribution is -2.47. The molecule has 1 saturated heterocycles. The highest BCUT2D eigenvalue weighted by molar-refractivity contribution is 7.90. The van der Waals surface area contributed by atoms with Crippen LogP contribution in [0.3, 0.4) is 0 Å². The summed E-state index contributed by atoms with van der Waals surface area (Å²) >= 11 is 0. The van der Waals surface area contributed by atoms with Gasteiger partial charge in [0.15, 0.2) is 5.25 Å². The topological polar surface area (TPSA) is 83.9 Å². The third-order valence-electron chi connectivity index (χ3n) is 4.25. The molecule has 1 fully saturated rings. The first-order valence-corrected chi connectivity index (χ1v) is 9.61. The maximum Gasteiger partial charge on any atom is 0.416 e. The molecule has 0 aliphatic carbocycles. The molecule has 6 nitrogen and oxygen atoms in total. The Hall–Kier alpha value is -1.81. The number of hydrogen-bond donors (Lipinski definition) is 1. The molecule has 0 spiro atoms. The summed E-state index contributed by atoms with van der Waals surface area (Å²) in [6, 6.07) is 4.30. The van der Waals surface area contributed by atoms with E-state index < -0.39 is 33.0 Å². The second-order valence-corrected chi connectivity index (χ2v) is 8.13. The van der Waals surface area contributed by atoms with Crippen LogP contribution < -0.4 is 4.74 Å². The third kappa shape index (κ3) is 4.67. The summed E-state index contributed by atoms with van der Waals surface area (Å²) in [5.41, 5.74) is -0.773. The van der Waals surface area contributed by atoms with Crippen LogP contribution in [0.2, 0.25) is 0 Å². The Bertz CT molecular complexity index is 725. The number of halogens is 3. The van der Waals surface area contributed by atoms with Crippen LogP contribution in [-0.2, 0) is 21.0 Å². The van der Waals surface area contributed by atoms with Crippen LogP contribution in [0.1, 0.15) is 31.7 Å². The molecule has 146 valence electrons. The average Bonchev–Trinajstić information content (AvgIpc) is 2.55. The molecule has 1 heterocycles. The van der Waals surface area contributed by atoms with Crippen molar-refractivity contribution >= 4 is 16.0 Å². The van der Waals surface area contributed by atoms with Gasteiger partial charge in [-0.3, -0.25) is 4.79 Å². The normalized spacial score (nSPS) is 18.5. The highest BCUT2D eigenvalue weighted by atomic mass is 32.2. The summed E-state index contributed by atoms with van der Waals surface area (Å²) in [5, 5.41) is 7.58. The van der Waals surface area contributed by atoms with E-state index in [0.29, 0.717) is 12.8 Å². The van der Waals surface area contributed by atoms with Gasteiger partial charge in [0.1, 0.15) is 11.9 Å². The summed E-state index contributed by atoms with van der Waals surface area (Å²) < 4.78 is 69.1. The Morgan fingerprint density at radius 3 is 2.23 bits per heavy atom. The summed E-state index contributed by atoms with van der Waals surface area (Å²) in [7, 11) is -3.94. The van der Waals surface area contributed by atoms with Gasteiger partial charge in [0, 0.05) is 13.1 Å². The van der Waals surface area contributed by atoms with E-state index in [4.69, 9.17) is 9.84 Å². The molecule has 1 aliphatic rings. The summed E-state index contributed by atoms with van der Waals surface area (Å²) in [6.45, 7) is 1.71. The van der Waals surface area contributed by atoms with Crippen LogP contribution in [0.25, 0.3) is 0 Å². The first-order valence-electron chi connectivity index (χ1n) is 8.11. The molecule has 0 aromatic heterocycles. The number of carbonyl (C=O) groups is 1. The fourth-order valence-electron chi connectivity index (χ4n) is 2.81. The molecule has 26 heavy (non-hydrogen) atoms. The molecule has 0 amide bonds. The van der Waals surface area contributed by atoms with Gasteiger partial charge in [-0.15, -0.1) is 0 Å². The van der Waals surface area contributed by atoms with E-state index in [9.17, 15) is 26.4 Å². The number of aliphatic carboxylic acids is 1. The molecule has 0 saturated carbocycles. The summed E-state index contributed by atoms with van der Waals surface area (Å²) in [5.74, 6) is -1.10. The van der Waals surface area contributed by atoms with Crippen molar-refractivity contribution in [2.45, 2.75) is 43.7 Å². The van der Waals surface area contributed by atoms with Crippen molar-refractivity contribution in [2.75, 3.05) is 13.1 Å². The molecule has 2 rings (SSSR count). The maximum absolute atomic E-state index is 12.5. The van der Waals surface area contributed by atoms with E-state index in [1.54, 1.807) is 0 Å². The van der Waals surface area contributed by atoms with Crippen molar-refractivity contribution < 1.29 is 36.2 Å². The molecule has 1 aliphatic heterocycles. The Kier molecular flexibility index (Phi) is 6.17. The monoisotopic (exact) mass is 395 g/mol. The van der Waals surface area contributed by atoms with Gasteiger partial charge < -0.3 is 9.84 Å². The number of carboxylic acid groups (broad SMARTS) is 1. The lowest BCUT2D eigenvalue weighted by atomic mass is 10.1. The minimum Gasteiger partial charge on any atom is -0.490 e. The minimum atomic E-state index is -4.42. The largest absolute Gasteiger partial charge is 0.490 e. The van der Waals surface area contributed by atoms with Crippen LogP contribution in [0.5, 0.6) is 5.75 Å². The third-order valence-corrected chi connectivity index (χ3v) is 6.59. The number of ether oxygens (including phenoxy) is 1. The van der Waals surface area contributed by atoms with Crippen LogP contribution in [0.4, 0.5) is 13.2 Å². The number of nitrogens with zero attached hydrogens (tertiary/aromatic N) is 1. The smallest absolute Gasteiger partial charge is 0.416 e. The average molecular weight is 395 g/mol. The van der Waals surface area contributed by atoms with Crippen molar-refractivity contribution in [2.24, 2.45) is 0 Å². The molecule has 0 bridgehead atoms. The zero-order chi connectivity index (χ0) is 19.5. The Morgan fingerprint density at radius 1 is 1.27 bits per heavy atom. The second-order valence-electron chi connectivity index (χ2n) is 6.02. The first-order chi connectivity index (χ1) is 12.1. The number of hydrogen-bond acceptors (Lipinski definition) is 4. The lowest BCUT2D eigenvalue weighted by Gasteiger charge is -2.32. The molecule has 10 heteroatoms. The van der Waals surface area contributed by atoms with Gasteiger partial charge in [0.05, 0.1) is 5.56 Å². The molecule has 1 N–H and O–H groups in total. The maximum atomic E-state index is 12.5. The Balaban J connectivity index is 1.95. The molecule has 0 radical (unpaired) electrons. The van der Waals surface area contributed by atoms with Crippen molar-refractivity contribution in [3.05, 3.63) is 29.8 Å². The molecular weight excluding hydrogens is 375 g/mol. The number of piperidine rings is 1. The number of benzene rings is 1. The van der Waals surface area contributed by atoms with Crippen LogP contribution >= 0.6 is 0 Å². The van der Waals surface area contributed by atoms with Crippen LogP contribution in [-0.4, -0.2) is 48.2 Å². The quantitative estimate of drug-likeness (QED) is 0.801. The molecule has 1 aromatic carbocycles. The van der Waals surface area contributed by atoms with Gasteiger partial charge in [-0.25, -0.2) is 12.7 Å². The van der Waals surface area contributed by atoms with Crippen molar-refractivity contribution in [3.63, 3.8) is 0 Å². The van der Waals surface area contributed by atoms with Crippen molar-refractivity contribution in [1.82, 2.24) is 4.31 Å². The van der Waals surface area contributed by atoms with Crippen molar-refractivity contribution in [3.8, 4) is 5.75 Å². The molecule has 1 aromatic rings. The van der Waals surface area contributed by atoms with E-state index >= 15 is 0 Å². The van der Waals surface area contributed by atoms with E-state index in [-0.39, 0.29) is 31.4 Å². The van der Waals surface area contributed by atoms with Gasteiger partial charge >= 0.3 is 12.1 Å². The zero-order valence-electron chi connectivity index (χ0n) is 14.1. The van der Waals surface area contributed by atoms with Gasteiger partial charge in [-0.1, -0.05) is 6.92 Å². The predicted octanol–water partition coefficient (Wildman–Crippen LogP) is 2.74. The first kappa shape index (κ1) is 20.5. The van der Waals surface area contributed by atoms with E-state index in [1.807, 2.05) is 0 Å². The SMILES string of the molecule is CCC(C(=O)O)S(=O)(=O)N1CCC(Oc2ccc(C(F)(F)F)cc2)CC1. The van der Waals surface area contributed by atoms with Crippen LogP contribution in [0.15, 0.2) is 24.3 Å². The Labute approximate surface area is 149 Å². The van der Waals surface area contributed by atoms with Crippen molar-refractivity contribution in [1.29, 1.82) is 0 Å². The highest BCUT2D eigenvalue weighted by Crippen LogP contribution is 2.31. The summed E-state index contributed by atoms with van der Waals surface area (Å²) in [6.07, 6.45) is -4.13. The fraction of sp³-hybridized carbons (Fsp3) is 0.562. The number of alkyl halides is 3. The standard InChI is InChI=1S/C16H20F3NO5S/c1-2-14(15(21)22)26(23,24)20-9-7-13(8-10-20)25-12-5-3-11(4-6-12)16(17,18)19/h3-6,13-14H,2,7-10H2,1H3,(H,21,22). The van der Waals surface area contributed by atoms with Gasteiger partial charge in [0.25, 0.3) is 0 Å². The highest BCUT2D eigenvalue weighted by Gasteiger charge is 2.38. The number of rotatable bonds is 6. The van der Waals surface area contributed by atoms with E-state index in [1.165, 1.54) is 19.1 Å². The van der Waals surface area contributed by atoms with Crippen LogP contribution in [0, 0.1) is 0 Å². The summed E-state index contributed by atoms with van der Waals surface area (Å²) in [4.78, 5) is 11.1. The van der Waals surface area contributed by atoms with E-state index in [2.05, 4.69) is 0 Å². The Morgan fingerprint density at radius 2 is 1.81 bits per heavy atom. The van der Waals surface area contributed by atoms with Gasteiger partial charge in [-0.05, 0) is 43.5 Å². The van der Waals surface area contributed by atoms with Gasteiger partial charge in [-0.2, -0.15) is 13.2 Å². The zero-order valence-corrected chi connectivity index (χ0v) is 14.9. The minimum absolute atomic E-state index is 0.0281. The fourth-order valence-corrected chi connectivity index (χ4v) is 4.57. The lowest BCUT2D eigenvalue weighted by molar-refractivity contribution is -0.138. The predicted molar refractivity (Wildman–Crippen MR) is 87.3 cm³/mol. The second kappa shape index (κ2) is 7.83. The van der Waals surface area contributed by atoms with Gasteiger partial charge in [0.2, 0.25) is 10.0 Å². The molecular formula is C16H20F3NO5S. The number of sulfonamides is 1.